The summed E-state index contributed by atoms with van der Waals surface area (Å²) in [5.74, 6) is -0.913. The van der Waals surface area contributed by atoms with E-state index in [4.69, 9.17) is 5.11 Å². The van der Waals surface area contributed by atoms with Crippen molar-refractivity contribution in [3.63, 3.8) is 0 Å². The van der Waals surface area contributed by atoms with E-state index in [1.165, 1.54) is 12.8 Å². The normalized spacial score (nSPS) is 10.1. The molecule has 0 unspecified atom stereocenters. The summed E-state index contributed by atoms with van der Waals surface area (Å²) in [7, 11) is 0. The van der Waals surface area contributed by atoms with Gasteiger partial charge in [-0.15, -0.1) is 0 Å². The van der Waals surface area contributed by atoms with E-state index in [2.05, 4.69) is 28.2 Å². The van der Waals surface area contributed by atoms with Crippen LogP contribution in [0.2, 0.25) is 0 Å². The van der Waals surface area contributed by atoms with Crippen LogP contribution in [0.25, 0.3) is 0 Å². The molecule has 16 heavy (non-hydrogen) atoms. The zero-order valence-corrected chi connectivity index (χ0v) is 10.9. The monoisotopic (exact) mass is 285 g/mol. The minimum absolute atomic E-state index is 0.291. The molecule has 0 aliphatic carbocycles. The van der Waals surface area contributed by atoms with Gasteiger partial charge in [-0.2, -0.15) is 0 Å². The van der Waals surface area contributed by atoms with Crippen molar-refractivity contribution in [1.29, 1.82) is 0 Å². The lowest BCUT2D eigenvalue weighted by molar-refractivity contribution is 0.0696. The van der Waals surface area contributed by atoms with E-state index >= 15 is 0 Å². The molecule has 4 heteroatoms. The maximum atomic E-state index is 10.8. The predicted octanol–water partition coefficient (Wildman–Crippen LogP) is 3.75. The third-order valence-corrected chi connectivity index (χ3v) is 2.97. The highest BCUT2D eigenvalue weighted by atomic mass is 79.9. The van der Waals surface area contributed by atoms with Gasteiger partial charge in [0.15, 0.2) is 0 Å². The number of halogens is 1. The third kappa shape index (κ3) is 3.85. The molecule has 0 amide bonds. The molecular formula is C12H16BrNO2. The Bertz CT molecular complexity index is 366. The van der Waals surface area contributed by atoms with E-state index < -0.39 is 5.97 Å². The summed E-state index contributed by atoms with van der Waals surface area (Å²) in [5.41, 5.74) is 1.24. The molecule has 0 aromatic heterocycles. The number of nitrogens with one attached hydrogen (secondary N) is 1. The Hall–Kier alpha value is -1.03. The molecule has 1 aromatic rings. The Balaban J connectivity index is 2.56. The molecule has 0 aliphatic rings. The van der Waals surface area contributed by atoms with Crippen LogP contribution in [0.1, 0.15) is 36.5 Å². The first-order valence-electron chi connectivity index (χ1n) is 5.42. The predicted molar refractivity (Wildman–Crippen MR) is 69.1 cm³/mol. The molecule has 3 nitrogen and oxygen atoms in total. The first-order valence-corrected chi connectivity index (χ1v) is 6.21. The lowest BCUT2D eigenvalue weighted by Gasteiger charge is -2.07. The van der Waals surface area contributed by atoms with E-state index in [-0.39, 0.29) is 0 Å². The number of carbonyl (C=O) groups is 1. The van der Waals surface area contributed by atoms with Crippen LogP contribution in [0.4, 0.5) is 5.69 Å². The zero-order chi connectivity index (χ0) is 12.0. The number of aromatic carboxylic acids is 1. The summed E-state index contributed by atoms with van der Waals surface area (Å²) in [6.07, 6.45) is 3.54. The van der Waals surface area contributed by atoms with Gasteiger partial charge < -0.3 is 10.4 Å². The van der Waals surface area contributed by atoms with E-state index in [1.54, 1.807) is 18.2 Å². The fourth-order valence-electron chi connectivity index (χ4n) is 1.41. The SMILES string of the molecule is CCCCCNc1ccc(C(=O)O)c(Br)c1. The topological polar surface area (TPSA) is 49.3 Å². The van der Waals surface area contributed by atoms with Gasteiger partial charge in [-0.05, 0) is 40.5 Å². The number of rotatable bonds is 6. The minimum atomic E-state index is -0.913. The summed E-state index contributed by atoms with van der Waals surface area (Å²) >= 11 is 3.25. The summed E-state index contributed by atoms with van der Waals surface area (Å²) in [6.45, 7) is 3.09. The average molecular weight is 286 g/mol. The van der Waals surface area contributed by atoms with Crippen molar-refractivity contribution in [2.45, 2.75) is 26.2 Å². The molecule has 0 saturated carbocycles. The third-order valence-electron chi connectivity index (χ3n) is 2.31. The van der Waals surface area contributed by atoms with Gasteiger partial charge in [0.1, 0.15) is 0 Å². The second-order valence-corrected chi connectivity index (χ2v) is 4.49. The molecule has 2 N–H and O–H groups in total. The van der Waals surface area contributed by atoms with E-state index in [1.807, 2.05) is 0 Å². The fourth-order valence-corrected chi connectivity index (χ4v) is 1.95. The highest BCUT2D eigenvalue weighted by Gasteiger charge is 2.07. The van der Waals surface area contributed by atoms with Gasteiger partial charge in [0.25, 0.3) is 0 Å². The standard InChI is InChI=1S/C12H16BrNO2/c1-2-3-4-7-14-9-5-6-10(12(15)16)11(13)8-9/h5-6,8,14H,2-4,7H2,1H3,(H,15,16). The van der Waals surface area contributed by atoms with Crippen molar-refractivity contribution in [3.05, 3.63) is 28.2 Å². The van der Waals surface area contributed by atoms with Crippen LogP contribution in [0.15, 0.2) is 22.7 Å². The van der Waals surface area contributed by atoms with Crippen LogP contribution >= 0.6 is 15.9 Å². The second-order valence-electron chi connectivity index (χ2n) is 3.63. The highest BCUT2D eigenvalue weighted by Crippen LogP contribution is 2.21. The lowest BCUT2D eigenvalue weighted by Crippen LogP contribution is -2.03. The smallest absolute Gasteiger partial charge is 0.336 e. The van der Waals surface area contributed by atoms with Crippen LogP contribution in [-0.2, 0) is 0 Å². The Labute approximate surface area is 104 Å². The molecule has 1 rings (SSSR count). The van der Waals surface area contributed by atoms with Gasteiger partial charge in [0.2, 0.25) is 0 Å². The largest absolute Gasteiger partial charge is 0.478 e. The lowest BCUT2D eigenvalue weighted by atomic mass is 10.2. The first-order chi connectivity index (χ1) is 7.65. The highest BCUT2D eigenvalue weighted by molar-refractivity contribution is 9.10. The Morgan fingerprint density at radius 1 is 1.44 bits per heavy atom. The van der Waals surface area contributed by atoms with E-state index in [0.29, 0.717) is 10.0 Å². The van der Waals surface area contributed by atoms with E-state index in [0.717, 1.165) is 18.7 Å². The minimum Gasteiger partial charge on any atom is -0.478 e. The maximum absolute atomic E-state index is 10.8. The number of carboxylic acids is 1. The summed E-state index contributed by atoms with van der Waals surface area (Å²) in [4.78, 5) is 10.8. The number of unbranched alkanes of at least 4 members (excludes halogenated alkanes) is 2. The van der Waals surface area contributed by atoms with Crippen LogP contribution in [-0.4, -0.2) is 17.6 Å². The van der Waals surface area contributed by atoms with Crippen LogP contribution in [0.5, 0.6) is 0 Å². The van der Waals surface area contributed by atoms with Crippen LogP contribution in [0.3, 0.4) is 0 Å². The van der Waals surface area contributed by atoms with Crippen molar-refractivity contribution in [3.8, 4) is 0 Å². The zero-order valence-electron chi connectivity index (χ0n) is 9.29. The van der Waals surface area contributed by atoms with Crippen molar-refractivity contribution in [2.75, 3.05) is 11.9 Å². The molecule has 0 aliphatic heterocycles. The van der Waals surface area contributed by atoms with Gasteiger partial charge in [-0.25, -0.2) is 4.79 Å². The van der Waals surface area contributed by atoms with Crippen molar-refractivity contribution in [2.24, 2.45) is 0 Å². The molecule has 0 fully saturated rings. The maximum Gasteiger partial charge on any atom is 0.336 e. The van der Waals surface area contributed by atoms with E-state index in [9.17, 15) is 4.79 Å². The number of carboxylic acid groups (broad SMARTS) is 1. The molecule has 88 valence electrons. The Morgan fingerprint density at radius 2 is 2.19 bits per heavy atom. The second kappa shape index (κ2) is 6.53. The average Bonchev–Trinajstić information content (AvgIpc) is 2.24. The van der Waals surface area contributed by atoms with Gasteiger partial charge in [0.05, 0.1) is 5.56 Å². The van der Waals surface area contributed by atoms with Gasteiger partial charge in [-0.3, -0.25) is 0 Å². The van der Waals surface area contributed by atoms with Gasteiger partial charge >= 0.3 is 5.97 Å². The van der Waals surface area contributed by atoms with Crippen molar-refractivity contribution >= 4 is 27.6 Å². The quantitative estimate of drug-likeness (QED) is 0.783. The molecule has 0 spiro atoms. The summed E-state index contributed by atoms with van der Waals surface area (Å²) in [5, 5.41) is 12.1. The number of anilines is 1. The van der Waals surface area contributed by atoms with Crippen molar-refractivity contribution < 1.29 is 9.90 Å². The molecule has 0 saturated heterocycles. The molecule has 0 atom stereocenters. The molecule has 0 bridgehead atoms. The summed E-state index contributed by atoms with van der Waals surface area (Å²) < 4.78 is 0.612. The fraction of sp³-hybridized carbons (Fsp3) is 0.417. The number of benzene rings is 1. The van der Waals surface area contributed by atoms with Crippen molar-refractivity contribution in [1.82, 2.24) is 0 Å². The van der Waals surface area contributed by atoms with Gasteiger partial charge in [0, 0.05) is 16.7 Å². The number of hydrogen-bond acceptors (Lipinski definition) is 2. The Kier molecular flexibility index (Phi) is 5.32. The van der Waals surface area contributed by atoms with Crippen LogP contribution in [0, 0.1) is 0 Å². The molecular weight excluding hydrogens is 270 g/mol. The summed E-state index contributed by atoms with van der Waals surface area (Å²) in [6, 6.07) is 5.20. The molecule has 0 radical (unpaired) electrons. The molecule has 0 heterocycles. The number of hydrogen-bond donors (Lipinski definition) is 2. The van der Waals surface area contributed by atoms with Crippen LogP contribution < -0.4 is 5.32 Å². The first kappa shape index (κ1) is 13.0. The van der Waals surface area contributed by atoms with Gasteiger partial charge in [-0.1, -0.05) is 19.8 Å². The Morgan fingerprint density at radius 3 is 2.75 bits per heavy atom. The molecule has 1 aromatic carbocycles.